The molecule has 0 saturated carbocycles. The Morgan fingerprint density at radius 3 is 2.40 bits per heavy atom. The first kappa shape index (κ1) is 19.4. The van der Waals surface area contributed by atoms with E-state index in [2.05, 4.69) is 10.2 Å². The summed E-state index contributed by atoms with van der Waals surface area (Å²) in [5, 5.41) is 2.99. The summed E-state index contributed by atoms with van der Waals surface area (Å²) >= 11 is 0. The normalized spacial score (nSPS) is 15.6. The fourth-order valence-electron chi connectivity index (χ4n) is 2.69. The van der Waals surface area contributed by atoms with E-state index in [0.717, 1.165) is 30.9 Å². The van der Waals surface area contributed by atoms with Gasteiger partial charge in [-0.3, -0.25) is 4.79 Å². The second-order valence-electron chi connectivity index (χ2n) is 6.08. The zero-order chi connectivity index (χ0) is 18.2. The molecule has 6 heteroatoms. The average Bonchev–Trinajstić information content (AvgIpc) is 2.64. The molecule has 1 amide bonds. The third-order valence-corrected chi connectivity index (χ3v) is 4.33. The molecule has 1 heterocycles. The molecule has 1 fully saturated rings. The van der Waals surface area contributed by atoms with Gasteiger partial charge in [0, 0.05) is 31.1 Å². The van der Waals surface area contributed by atoms with Gasteiger partial charge in [-0.15, -0.1) is 0 Å². The SMILES string of the molecule is CCOc1cc(N2CCOCC2)c(OCC)cc1NC(=O)[C@@H](C)CC. The number of carbonyl (C=O) groups is 1. The van der Waals surface area contributed by atoms with Crippen molar-refractivity contribution in [2.75, 3.05) is 49.7 Å². The Labute approximate surface area is 150 Å². The number of carbonyl (C=O) groups excluding carboxylic acids is 1. The lowest BCUT2D eigenvalue weighted by Crippen LogP contribution is -2.36. The summed E-state index contributed by atoms with van der Waals surface area (Å²) in [5.41, 5.74) is 1.64. The maximum absolute atomic E-state index is 12.3. The van der Waals surface area contributed by atoms with Gasteiger partial charge in [0.25, 0.3) is 0 Å². The molecule has 0 radical (unpaired) electrons. The second-order valence-corrected chi connectivity index (χ2v) is 6.08. The molecule has 1 aromatic rings. The summed E-state index contributed by atoms with van der Waals surface area (Å²) in [6.45, 7) is 11.9. The average molecular weight is 350 g/mol. The third kappa shape index (κ3) is 5.01. The van der Waals surface area contributed by atoms with Crippen LogP contribution in [0.1, 0.15) is 34.1 Å². The molecule has 1 N–H and O–H groups in total. The van der Waals surface area contributed by atoms with Crippen molar-refractivity contribution in [3.8, 4) is 11.5 Å². The van der Waals surface area contributed by atoms with E-state index < -0.39 is 0 Å². The van der Waals surface area contributed by atoms with Crippen LogP contribution >= 0.6 is 0 Å². The number of morpholine rings is 1. The first-order valence-corrected chi connectivity index (χ1v) is 9.17. The van der Waals surface area contributed by atoms with E-state index >= 15 is 0 Å². The number of amides is 1. The third-order valence-electron chi connectivity index (χ3n) is 4.33. The lowest BCUT2D eigenvalue weighted by molar-refractivity contribution is -0.119. The quantitative estimate of drug-likeness (QED) is 0.779. The van der Waals surface area contributed by atoms with E-state index in [1.54, 1.807) is 0 Å². The van der Waals surface area contributed by atoms with Crippen LogP contribution in [0, 0.1) is 5.92 Å². The summed E-state index contributed by atoms with van der Waals surface area (Å²) in [6, 6.07) is 3.84. The number of benzene rings is 1. The number of hydrogen-bond acceptors (Lipinski definition) is 5. The Hall–Kier alpha value is -1.95. The van der Waals surface area contributed by atoms with Crippen LogP contribution in [-0.2, 0) is 9.53 Å². The Kier molecular flexibility index (Phi) is 7.37. The van der Waals surface area contributed by atoms with Gasteiger partial charge in [0.05, 0.1) is 37.8 Å². The van der Waals surface area contributed by atoms with Gasteiger partial charge < -0.3 is 24.4 Å². The lowest BCUT2D eigenvalue weighted by atomic mass is 10.1. The second kappa shape index (κ2) is 9.51. The number of hydrogen-bond donors (Lipinski definition) is 1. The Bertz CT molecular complexity index is 571. The monoisotopic (exact) mass is 350 g/mol. The van der Waals surface area contributed by atoms with Crippen LogP contribution in [0.15, 0.2) is 12.1 Å². The fraction of sp³-hybridized carbons (Fsp3) is 0.632. The van der Waals surface area contributed by atoms with Gasteiger partial charge >= 0.3 is 0 Å². The first-order chi connectivity index (χ1) is 12.1. The number of ether oxygens (including phenoxy) is 3. The summed E-state index contributed by atoms with van der Waals surface area (Å²) < 4.78 is 17.1. The van der Waals surface area contributed by atoms with Crippen molar-refractivity contribution in [1.29, 1.82) is 0 Å². The highest BCUT2D eigenvalue weighted by atomic mass is 16.5. The van der Waals surface area contributed by atoms with Crippen molar-refractivity contribution in [3.63, 3.8) is 0 Å². The molecule has 0 aromatic heterocycles. The Balaban J connectivity index is 2.37. The largest absolute Gasteiger partial charge is 0.492 e. The van der Waals surface area contributed by atoms with Crippen LogP contribution in [0.5, 0.6) is 11.5 Å². The molecular formula is C19H30N2O4. The van der Waals surface area contributed by atoms with Gasteiger partial charge in [-0.25, -0.2) is 0 Å². The molecule has 1 saturated heterocycles. The van der Waals surface area contributed by atoms with Crippen molar-refractivity contribution in [1.82, 2.24) is 0 Å². The van der Waals surface area contributed by atoms with Gasteiger partial charge in [-0.2, -0.15) is 0 Å². The van der Waals surface area contributed by atoms with E-state index in [4.69, 9.17) is 14.2 Å². The molecule has 0 aliphatic carbocycles. The maximum atomic E-state index is 12.3. The molecule has 25 heavy (non-hydrogen) atoms. The minimum atomic E-state index is -0.0519. The molecule has 1 aliphatic rings. The molecule has 1 aliphatic heterocycles. The van der Waals surface area contributed by atoms with Gasteiger partial charge in [-0.1, -0.05) is 13.8 Å². The number of anilines is 2. The van der Waals surface area contributed by atoms with Gasteiger partial charge in [0.15, 0.2) is 0 Å². The van der Waals surface area contributed by atoms with Crippen molar-refractivity contribution in [3.05, 3.63) is 12.1 Å². The van der Waals surface area contributed by atoms with Crippen molar-refractivity contribution in [2.24, 2.45) is 5.92 Å². The van der Waals surface area contributed by atoms with E-state index in [1.165, 1.54) is 0 Å². The van der Waals surface area contributed by atoms with Gasteiger partial charge in [0.1, 0.15) is 11.5 Å². The topological polar surface area (TPSA) is 60.0 Å². The zero-order valence-electron chi connectivity index (χ0n) is 15.8. The zero-order valence-corrected chi connectivity index (χ0v) is 15.8. The fourth-order valence-corrected chi connectivity index (χ4v) is 2.69. The summed E-state index contributed by atoms with van der Waals surface area (Å²) in [5.74, 6) is 1.37. The van der Waals surface area contributed by atoms with Crippen molar-refractivity contribution in [2.45, 2.75) is 34.1 Å². The summed E-state index contributed by atoms with van der Waals surface area (Å²) in [6.07, 6.45) is 0.792. The van der Waals surface area contributed by atoms with E-state index in [1.807, 2.05) is 39.8 Å². The molecule has 0 spiro atoms. The molecule has 1 aromatic carbocycles. The number of nitrogens with one attached hydrogen (secondary N) is 1. The molecule has 1 atom stereocenters. The van der Waals surface area contributed by atoms with E-state index in [-0.39, 0.29) is 11.8 Å². The summed E-state index contributed by atoms with van der Waals surface area (Å²) in [7, 11) is 0. The molecular weight excluding hydrogens is 320 g/mol. The van der Waals surface area contributed by atoms with Crippen LogP contribution in [0.3, 0.4) is 0 Å². The van der Waals surface area contributed by atoms with Gasteiger partial charge in [0.2, 0.25) is 5.91 Å². The maximum Gasteiger partial charge on any atom is 0.227 e. The van der Waals surface area contributed by atoms with Gasteiger partial charge in [-0.05, 0) is 20.3 Å². The molecule has 140 valence electrons. The number of rotatable bonds is 8. The molecule has 0 unspecified atom stereocenters. The summed E-state index contributed by atoms with van der Waals surface area (Å²) in [4.78, 5) is 14.6. The Morgan fingerprint density at radius 1 is 1.16 bits per heavy atom. The Morgan fingerprint density at radius 2 is 1.80 bits per heavy atom. The minimum Gasteiger partial charge on any atom is -0.492 e. The first-order valence-electron chi connectivity index (χ1n) is 9.17. The molecule has 0 bridgehead atoms. The minimum absolute atomic E-state index is 0.00924. The predicted molar refractivity (Wildman–Crippen MR) is 99.9 cm³/mol. The van der Waals surface area contributed by atoms with Crippen LogP contribution in [0.25, 0.3) is 0 Å². The van der Waals surface area contributed by atoms with Crippen LogP contribution in [-0.4, -0.2) is 45.4 Å². The lowest BCUT2D eigenvalue weighted by Gasteiger charge is -2.31. The van der Waals surface area contributed by atoms with Crippen molar-refractivity contribution >= 4 is 17.3 Å². The highest BCUT2D eigenvalue weighted by Crippen LogP contribution is 2.39. The van der Waals surface area contributed by atoms with Crippen LogP contribution in [0.4, 0.5) is 11.4 Å². The van der Waals surface area contributed by atoms with Crippen LogP contribution < -0.4 is 19.7 Å². The molecule has 2 rings (SSSR count). The van der Waals surface area contributed by atoms with E-state index in [9.17, 15) is 4.79 Å². The van der Waals surface area contributed by atoms with E-state index in [0.29, 0.717) is 37.9 Å². The smallest absolute Gasteiger partial charge is 0.227 e. The highest BCUT2D eigenvalue weighted by Gasteiger charge is 2.21. The molecule has 6 nitrogen and oxygen atoms in total. The van der Waals surface area contributed by atoms with Crippen molar-refractivity contribution < 1.29 is 19.0 Å². The predicted octanol–water partition coefficient (Wildman–Crippen LogP) is 3.31. The number of nitrogens with zero attached hydrogens (tertiary/aromatic N) is 1. The van der Waals surface area contributed by atoms with Crippen LogP contribution in [0.2, 0.25) is 0 Å². The standard InChI is InChI=1S/C19H30N2O4/c1-5-14(4)19(22)20-15-12-18(25-7-3)16(13-17(15)24-6-2)21-8-10-23-11-9-21/h12-14H,5-11H2,1-4H3,(H,20,22)/t14-/m0/s1. The highest BCUT2D eigenvalue weighted by molar-refractivity contribution is 5.94.